The summed E-state index contributed by atoms with van der Waals surface area (Å²) >= 11 is 0. The Hall–Kier alpha value is -2.40. The van der Waals surface area contributed by atoms with Crippen molar-refractivity contribution in [2.24, 2.45) is 0 Å². The molecule has 1 aromatic rings. The van der Waals surface area contributed by atoms with Gasteiger partial charge < -0.3 is 15.4 Å². The van der Waals surface area contributed by atoms with Crippen molar-refractivity contribution in [3.05, 3.63) is 33.9 Å². The van der Waals surface area contributed by atoms with Crippen LogP contribution in [0, 0.1) is 10.1 Å². The number of nitrogens with one attached hydrogen (secondary N) is 2. The molecule has 1 heterocycles. The number of alkyl halides is 3. The van der Waals surface area contributed by atoms with Crippen molar-refractivity contribution in [1.82, 2.24) is 15.5 Å². The fourth-order valence-electron chi connectivity index (χ4n) is 2.82. The van der Waals surface area contributed by atoms with Crippen LogP contribution in [0.5, 0.6) is 5.75 Å². The van der Waals surface area contributed by atoms with Gasteiger partial charge in [-0.3, -0.25) is 19.8 Å². The van der Waals surface area contributed by atoms with E-state index in [-0.39, 0.29) is 31.0 Å². The molecule has 0 aromatic heterocycles. The summed E-state index contributed by atoms with van der Waals surface area (Å²) in [6.45, 7) is 2.52. The van der Waals surface area contributed by atoms with E-state index in [1.54, 1.807) is 6.92 Å². The first-order valence-corrected chi connectivity index (χ1v) is 8.45. The largest absolute Gasteiger partial charge is 0.487 e. The summed E-state index contributed by atoms with van der Waals surface area (Å²) in [6, 6.07) is 1.71. The summed E-state index contributed by atoms with van der Waals surface area (Å²) in [5.74, 6) is -0.821. The van der Waals surface area contributed by atoms with Crippen molar-refractivity contribution in [3.8, 4) is 5.75 Å². The van der Waals surface area contributed by atoms with Gasteiger partial charge in [0.15, 0.2) is 5.75 Å². The highest BCUT2D eigenvalue weighted by Gasteiger charge is 2.43. The average Bonchev–Trinajstić information content (AvgIpc) is 2.62. The maximum absolute atomic E-state index is 13.3. The number of rotatable bonds is 7. The third kappa shape index (κ3) is 5.54. The van der Waals surface area contributed by atoms with Crippen LogP contribution >= 0.6 is 0 Å². The van der Waals surface area contributed by atoms with Gasteiger partial charge in [0, 0.05) is 44.4 Å². The van der Waals surface area contributed by atoms with E-state index in [9.17, 15) is 28.1 Å². The lowest BCUT2D eigenvalue weighted by atomic mass is 10.1. The number of carbonyl (C=O) groups is 1. The van der Waals surface area contributed by atoms with Crippen LogP contribution in [0.4, 0.5) is 18.9 Å². The Morgan fingerprint density at radius 1 is 1.41 bits per heavy atom. The van der Waals surface area contributed by atoms with Gasteiger partial charge in [-0.1, -0.05) is 0 Å². The first-order chi connectivity index (χ1) is 12.7. The molecule has 1 fully saturated rings. The van der Waals surface area contributed by atoms with Gasteiger partial charge in [0.05, 0.1) is 11.5 Å². The Morgan fingerprint density at radius 2 is 2.07 bits per heavy atom. The van der Waals surface area contributed by atoms with Gasteiger partial charge in [0.1, 0.15) is 6.04 Å². The minimum absolute atomic E-state index is 0.00645. The minimum Gasteiger partial charge on any atom is -0.487 e. The molecule has 1 aliphatic heterocycles. The molecule has 0 radical (unpaired) electrons. The first-order valence-electron chi connectivity index (χ1n) is 8.45. The molecular formula is C16H21F3N4O4. The van der Waals surface area contributed by atoms with Crippen molar-refractivity contribution in [1.29, 1.82) is 0 Å². The lowest BCUT2D eigenvalue weighted by Crippen LogP contribution is -2.57. The van der Waals surface area contributed by atoms with Crippen LogP contribution in [0.15, 0.2) is 18.2 Å². The fourth-order valence-corrected chi connectivity index (χ4v) is 2.82. The smallest absolute Gasteiger partial charge is 0.405 e. The second-order valence-electron chi connectivity index (χ2n) is 5.93. The zero-order valence-electron chi connectivity index (χ0n) is 14.7. The third-order valence-electron chi connectivity index (χ3n) is 4.14. The van der Waals surface area contributed by atoms with Gasteiger partial charge in [-0.25, -0.2) is 0 Å². The van der Waals surface area contributed by atoms with Crippen molar-refractivity contribution in [2.75, 3.05) is 39.3 Å². The van der Waals surface area contributed by atoms with Crippen LogP contribution in [-0.4, -0.2) is 67.3 Å². The molecule has 11 heteroatoms. The standard InChI is InChI=1S/C16H21F3N4O4/c1-2-27-13-4-3-11(9-12(13)23(25)26)15(24)21-10-14(16(17,18)19)22-7-5-20-6-8-22/h3-4,9,14,20H,2,5-8,10H2,1H3,(H,21,24). The van der Waals surface area contributed by atoms with E-state index in [0.717, 1.165) is 6.07 Å². The SMILES string of the molecule is CCOc1ccc(C(=O)NCC(N2CCNCC2)C(F)(F)F)cc1[N+](=O)[O-]. The van der Waals surface area contributed by atoms with Gasteiger partial charge in [-0.2, -0.15) is 13.2 Å². The molecule has 8 nitrogen and oxygen atoms in total. The zero-order chi connectivity index (χ0) is 20.0. The van der Waals surface area contributed by atoms with E-state index in [2.05, 4.69) is 10.6 Å². The molecule has 2 rings (SSSR count). The first kappa shape index (κ1) is 20.9. The summed E-state index contributed by atoms with van der Waals surface area (Å²) < 4.78 is 45.2. The predicted octanol–water partition coefficient (Wildman–Crippen LogP) is 1.56. The Kier molecular flexibility index (Phi) is 6.97. The molecule has 1 aromatic carbocycles. The molecular weight excluding hydrogens is 369 g/mol. The maximum Gasteiger partial charge on any atom is 0.405 e. The monoisotopic (exact) mass is 390 g/mol. The number of carbonyl (C=O) groups excluding carboxylic acids is 1. The predicted molar refractivity (Wildman–Crippen MR) is 90.9 cm³/mol. The van der Waals surface area contributed by atoms with E-state index in [0.29, 0.717) is 13.1 Å². The van der Waals surface area contributed by atoms with E-state index in [1.807, 2.05) is 0 Å². The molecule has 1 amide bonds. The van der Waals surface area contributed by atoms with Crippen LogP contribution in [-0.2, 0) is 0 Å². The number of nitrogens with zero attached hydrogens (tertiary/aromatic N) is 2. The van der Waals surface area contributed by atoms with Crippen molar-refractivity contribution >= 4 is 11.6 Å². The van der Waals surface area contributed by atoms with Gasteiger partial charge in [0.25, 0.3) is 5.91 Å². The van der Waals surface area contributed by atoms with E-state index in [4.69, 9.17) is 4.74 Å². The van der Waals surface area contributed by atoms with Gasteiger partial charge >= 0.3 is 11.9 Å². The summed E-state index contributed by atoms with van der Waals surface area (Å²) in [5.41, 5.74) is -0.523. The van der Waals surface area contributed by atoms with Crippen molar-refractivity contribution in [3.63, 3.8) is 0 Å². The maximum atomic E-state index is 13.3. The molecule has 0 saturated carbocycles. The summed E-state index contributed by atoms with van der Waals surface area (Å²) in [6.07, 6.45) is -4.50. The Bertz CT molecular complexity index is 678. The molecule has 2 N–H and O–H groups in total. The van der Waals surface area contributed by atoms with Crippen molar-refractivity contribution < 1.29 is 27.6 Å². The number of hydrogen-bond donors (Lipinski definition) is 2. The quantitative estimate of drug-likeness (QED) is 0.542. The lowest BCUT2D eigenvalue weighted by molar-refractivity contribution is -0.385. The summed E-state index contributed by atoms with van der Waals surface area (Å²) in [7, 11) is 0. The Labute approximate surface area is 153 Å². The van der Waals surface area contributed by atoms with Crippen LogP contribution in [0.25, 0.3) is 0 Å². The lowest BCUT2D eigenvalue weighted by Gasteiger charge is -2.35. The van der Waals surface area contributed by atoms with Crippen LogP contribution in [0.3, 0.4) is 0 Å². The van der Waals surface area contributed by atoms with Gasteiger partial charge in [-0.05, 0) is 19.1 Å². The normalized spacial score (nSPS) is 16.6. The molecule has 0 aliphatic carbocycles. The Morgan fingerprint density at radius 3 is 2.63 bits per heavy atom. The van der Waals surface area contributed by atoms with Crippen molar-refractivity contribution in [2.45, 2.75) is 19.1 Å². The number of benzene rings is 1. The molecule has 0 spiro atoms. The zero-order valence-corrected chi connectivity index (χ0v) is 14.7. The number of amides is 1. The second-order valence-corrected chi connectivity index (χ2v) is 5.93. The molecule has 0 bridgehead atoms. The molecule has 1 unspecified atom stereocenters. The van der Waals surface area contributed by atoms with E-state index in [1.165, 1.54) is 17.0 Å². The van der Waals surface area contributed by atoms with Crippen LogP contribution in [0.1, 0.15) is 17.3 Å². The highest BCUT2D eigenvalue weighted by Crippen LogP contribution is 2.28. The number of halogens is 3. The average molecular weight is 390 g/mol. The van der Waals surface area contributed by atoms with E-state index < -0.39 is 35.3 Å². The summed E-state index contributed by atoms with van der Waals surface area (Å²) in [5, 5.41) is 16.3. The fraction of sp³-hybridized carbons (Fsp3) is 0.562. The third-order valence-corrected chi connectivity index (χ3v) is 4.14. The second kappa shape index (κ2) is 9.00. The Balaban J connectivity index is 2.10. The molecule has 1 saturated heterocycles. The molecule has 1 aliphatic rings. The van der Waals surface area contributed by atoms with Gasteiger partial charge in [0.2, 0.25) is 0 Å². The number of nitro benzene ring substituents is 1. The highest BCUT2D eigenvalue weighted by atomic mass is 19.4. The van der Waals surface area contributed by atoms with E-state index >= 15 is 0 Å². The number of piperazine rings is 1. The van der Waals surface area contributed by atoms with Crippen LogP contribution in [0.2, 0.25) is 0 Å². The number of hydrogen-bond acceptors (Lipinski definition) is 6. The summed E-state index contributed by atoms with van der Waals surface area (Å²) in [4.78, 5) is 23.9. The molecule has 27 heavy (non-hydrogen) atoms. The highest BCUT2D eigenvalue weighted by molar-refractivity contribution is 5.95. The van der Waals surface area contributed by atoms with Crippen LogP contribution < -0.4 is 15.4 Å². The van der Waals surface area contributed by atoms with Gasteiger partial charge in [-0.15, -0.1) is 0 Å². The number of ether oxygens (including phenoxy) is 1. The molecule has 150 valence electrons. The topological polar surface area (TPSA) is 96.7 Å². The molecule has 1 atom stereocenters. The number of nitro groups is 1. The minimum atomic E-state index is -4.50.